The molecule has 0 aliphatic carbocycles. The number of para-hydroxylation sites is 2. The van der Waals surface area contributed by atoms with E-state index in [0.29, 0.717) is 31.0 Å². The highest BCUT2D eigenvalue weighted by Crippen LogP contribution is 2.31. The van der Waals surface area contributed by atoms with Crippen molar-refractivity contribution in [2.45, 2.75) is 19.0 Å². The van der Waals surface area contributed by atoms with Crippen molar-refractivity contribution in [1.82, 2.24) is 10.2 Å². The molecule has 0 saturated carbocycles. The first-order chi connectivity index (χ1) is 12.1. The second-order valence-electron chi connectivity index (χ2n) is 5.89. The largest absolute Gasteiger partial charge is 0.495 e. The number of nitrogens with zero attached hydrogens (tertiary/aromatic N) is 2. The van der Waals surface area contributed by atoms with Crippen molar-refractivity contribution in [3.8, 4) is 5.75 Å². The second kappa shape index (κ2) is 7.29. The summed E-state index contributed by atoms with van der Waals surface area (Å²) >= 11 is 0. The smallest absolute Gasteiger partial charge is 0.318 e. The molecule has 1 unspecified atom stereocenters. The molecule has 1 aromatic heterocycles. The summed E-state index contributed by atoms with van der Waals surface area (Å²) in [5, 5.41) is 2.79. The van der Waals surface area contributed by atoms with E-state index in [9.17, 15) is 9.59 Å². The summed E-state index contributed by atoms with van der Waals surface area (Å²) in [7, 11) is 3.23. The zero-order chi connectivity index (χ0) is 17.8. The van der Waals surface area contributed by atoms with Crippen LogP contribution in [0.3, 0.4) is 0 Å². The van der Waals surface area contributed by atoms with E-state index >= 15 is 0 Å². The van der Waals surface area contributed by atoms with Gasteiger partial charge in [-0.1, -0.05) is 12.1 Å². The van der Waals surface area contributed by atoms with Crippen molar-refractivity contribution < 1.29 is 18.7 Å². The van der Waals surface area contributed by atoms with Gasteiger partial charge >= 0.3 is 6.03 Å². The van der Waals surface area contributed by atoms with Gasteiger partial charge in [0.05, 0.1) is 25.6 Å². The number of methoxy groups -OCH3 is 1. The quantitative estimate of drug-likeness (QED) is 0.903. The molecule has 0 radical (unpaired) electrons. The molecule has 2 aromatic rings. The van der Waals surface area contributed by atoms with Crippen LogP contribution < -0.4 is 15.0 Å². The maximum absolute atomic E-state index is 12.7. The molecule has 7 nitrogen and oxygen atoms in total. The lowest BCUT2D eigenvalue weighted by Crippen LogP contribution is -2.46. The lowest BCUT2D eigenvalue weighted by molar-refractivity contribution is -0.118. The SMILES string of the molecule is COc1ccccc1N1CCC(NC(=O)N(C)Cc2ccco2)C1=O. The van der Waals surface area contributed by atoms with Crippen molar-refractivity contribution in [1.29, 1.82) is 0 Å². The first-order valence-corrected chi connectivity index (χ1v) is 8.08. The molecular weight excluding hydrogens is 322 g/mol. The van der Waals surface area contributed by atoms with Crippen LogP contribution in [0.25, 0.3) is 0 Å². The average Bonchev–Trinajstić information content (AvgIpc) is 3.25. The third kappa shape index (κ3) is 3.60. The van der Waals surface area contributed by atoms with Crippen molar-refractivity contribution in [3.63, 3.8) is 0 Å². The van der Waals surface area contributed by atoms with Crippen LogP contribution >= 0.6 is 0 Å². The number of benzene rings is 1. The van der Waals surface area contributed by atoms with Gasteiger partial charge < -0.3 is 24.3 Å². The first kappa shape index (κ1) is 16.9. The number of furan rings is 1. The molecule has 1 aliphatic heterocycles. The third-order valence-corrected chi connectivity index (χ3v) is 4.20. The third-order valence-electron chi connectivity index (χ3n) is 4.20. The van der Waals surface area contributed by atoms with Crippen molar-refractivity contribution in [2.24, 2.45) is 0 Å². The predicted molar refractivity (Wildman–Crippen MR) is 92.5 cm³/mol. The summed E-state index contributed by atoms with van der Waals surface area (Å²) < 4.78 is 10.6. The number of rotatable bonds is 5. The van der Waals surface area contributed by atoms with Crippen LogP contribution in [0.1, 0.15) is 12.2 Å². The molecule has 1 atom stereocenters. The Kier molecular flexibility index (Phi) is 4.92. The second-order valence-corrected chi connectivity index (χ2v) is 5.89. The average molecular weight is 343 g/mol. The fourth-order valence-electron chi connectivity index (χ4n) is 2.87. The highest BCUT2D eigenvalue weighted by molar-refractivity contribution is 6.02. The Morgan fingerprint density at radius 1 is 1.36 bits per heavy atom. The molecule has 132 valence electrons. The molecule has 7 heteroatoms. The number of carbonyl (C=O) groups excluding carboxylic acids is 2. The van der Waals surface area contributed by atoms with Gasteiger partial charge in [-0.05, 0) is 30.7 Å². The van der Waals surface area contributed by atoms with Gasteiger partial charge in [-0.15, -0.1) is 0 Å². The van der Waals surface area contributed by atoms with Gasteiger partial charge in [-0.2, -0.15) is 0 Å². The van der Waals surface area contributed by atoms with Crippen molar-refractivity contribution in [2.75, 3.05) is 25.6 Å². The molecule has 1 N–H and O–H groups in total. The van der Waals surface area contributed by atoms with Gasteiger partial charge in [0.1, 0.15) is 17.6 Å². The highest BCUT2D eigenvalue weighted by Gasteiger charge is 2.35. The Hall–Kier alpha value is -2.96. The summed E-state index contributed by atoms with van der Waals surface area (Å²) in [6.07, 6.45) is 2.11. The first-order valence-electron chi connectivity index (χ1n) is 8.08. The van der Waals surface area contributed by atoms with Crippen LogP contribution in [0.15, 0.2) is 47.1 Å². The van der Waals surface area contributed by atoms with Crippen molar-refractivity contribution >= 4 is 17.6 Å². The Balaban J connectivity index is 1.63. The molecule has 1 aliphatic rings. The van der Waals surface area contributed by atoms with E-state index in [1.165, 1.54) is 4.90 Å². The summed E-state index contributed by atoms with van der Waals surface area (Å²) in [6.45, 7) is 0.877. The molecule has 25 heavy (non-hydrogen) atoms. The van der Waals surface area contributed by atoms with Crippen LogP contribution in [0.2, 0.25) is 0 Å². The minimum absolute atomic E-state index is 0.135. The molecule has 3 rings (SSSR count). The number of hydrogen-bond acceptors (Lipinski definition) is 4. The minimum Gasteiger partial charge on any atom is -0.495 e. The fourth-order valence-corrected chi connectivity index (χ4v) is 2.87. The van der Waals surface area contributed by atoms with E-state index in [1.54, 1.807) is 37.5 Å². The number of anilines is 1. The molecule has 2 heterocycles. The van der Waals surface area contributed by atoms with E-state index in [2.05, 4.69) is 5.32 Å². The Morgan fingerprint density at radius 2 is 2.16 bits per heavy atom. The standard InChI is InChI=1S/C18H21N3O4/c1-20(12-13-6-5-11-25-13)18(23)19-14-9-10-21(17(14)22)15-7-3-4-8-16(15)24-2/h3-8,11,14H,9-10,12H2,1-2H3,(H,19,23). The normalized spacial score (nSPS) is 16.8. The van der Waals surface area contributed by atoms with Gasteiger partial charge in [0.25, 0.3) is 0 Å². The summed E-state index contributed by atoms with van der Waals surface area (Å²) in [5.41, 5.74) is 0.718. The van der Waals surface area contributed by atoms with Crippen LogP contribution in [-0.4, -0.2) is 43.6 Å². The Labute approximate surface area is 146 Å². The summed E-state index contributed by atoms with van der Waals surface area (Å²) in [4.78, 5) is 28.1. The van der Waals surface area contributed by atoms with Gasteiger partial charge in [0.2, 0.25) is 5.91 Å². The molecule has 0 spiro atoms. The number of urea groups is 1. The maximum Gasteiger partial charge on any atom is 0.318 e. The van der Waals surface area contributed by atoms with E-state index in [0.717, 1.165) is 5.69 Å². The number of ether oxygens (including phenoxy) is 1. The van der Waals surface area contributed by atoms with Crippen LogP contribution in [0.4, 0.5) is 10.5 Å². The number of carbonyl (C=O) groups is 2. The van der Waals surface area contributed by atoms with E-state index in [-0.39, 0.29) is 11.9 Å². The topological polar surface area (TPSA) is 75.0 Å². The van der Waals surface area contributed by atoms with E-state index in [1.807, 2.05) is 24.3 Å². The molecule has 1 saturated heterocycles. The lowest BCUT2D eigenvalue weighted by Gasteiger charge is -2.21. The molecule has 3 amide bonds. The Bertz CT molecular complexity index is 745. The van der Waals surface area contributed by atoms with Gasteiger partial charge in [-0.3, -0.25) is 4.79 Å². The number of hydrogen-bond donors (Lipinski definition) is 1. The fraction of sp³-hybridized carbons (Fsp3) is 0.333. The van der Waals surface area contributed by atoms with E-state index < -0.39 is 6.04 Å². The zero-order valence-corrected chi connectivity index (χ0v) is 14.3. The maximum atomic E-state index is 12.7. The highest BCUT2D eigenvalue weighted by atomic mass is 16.5. The minimum atomic E-state index is -0.545. The van der Waals surface area contributed by atoms with Crippen LogP contribution in [-0.2, 0) is 11.3 Å². The van der Waals surface area contributed by atoms with Crippen molar-refractivity contribution in [3.05, 3.63) is 48.4 Å². The Morgan fingerprint density at radius 3 is 2.88 bits per heavy atom. The lowest BCUT2D eigenvalue weighted by atomic mass is 10.2. The van der Waals surface area contributed by atoms with E-state index in [4.69, 9.17) is 9.15 Å². The van der Waals surface area contributed by atoms with Gasteiger partial charge in [0.15, 0.2) is 0 Å². The predicted octanol–water partition coefficient (Wildman–Crippen LogP) is 2.24. The molecule has 0 bridgehead atoms. The van der Waals surface area contributed by atoms with Gasteiger partial charge in [-0.25, -0.2) is 4.79 Å². The molecule has 1 aromatic carbocycles. The zero-order valence-electron chi connectivity index (χ0n) is 14.3. The number of amides is 3. The monoisotopic (exact) mass is 343 g/mol. The molecule has 1 fully saturated rings. The molecular formula is C18H21N3O4. The van der Waals surface area contributed by atoms with Crippen LogP contribution in [0.5, 0.6) is 5.75 Å². The number of nitrogens with one attached hydrogen (secondary N) is 1. The van der Waals surface area contributed by atoms with Crippen LogP contribution in [0, 0.1) is 0 Å². The van der Waals surface area contributed by atoms with Gasteiger partial charge in [0, 0.05) is 13.6 Å². The summed E-state index contributed by atoms with van der Waals surface area (Å²) in [5.74, 6) is 1.19. The summed E-state index contributed by atoms with van der Waals surface area (Å²) in [6, 6.07) is 10.1.